The number of benzene rings is 1. The minimum absolute atomic E-state index is 0.0143. The molecule has 2 rings (SSSR count). The van der Waals surface area contributed by atoms with E-state index in [1.54, 1.807) is 6.07 Å². The zero-order valence-corrected chi connectivity index (χ0v) is 11.8. The second-order valence-corrected chi connectivity index (χ2v) is 5.73. The molecule has 2 aromatic rings. The highest BCUT2D eigenvalue weighted by atomic mass is 32.1. The van der Waals surface area contributed by atoms with Crippen LogP contribution in [0.25, 0.3) is 5.69 Å². The summed E-state index contributed by atoms with van der Waals surface area (Å²) in [6, 6.07) is 6.26. The largest absolute Gasteiger partial charge is 0.337 e. The van der Waals surface area contributed by atoms with Crippen molar-refractivity contribution in [3.05, 3.63) is 46.2 Å². The molecule has 1 heterocycles. The van der Waals surface area contributed by atoms with E-state index in [1.807, 2.05) is 16.8 Å². The van der Waals surface area contributed by atoms with Crippen LogP contribution in [0.5, 0.6) is 0 Å². The zero-order valence-electron chi connectivity index (χ0n) is 11.0. The average molecular weight is 275 g/mol. The van der Waals surface area contributed by atoms with E-state index in [1.165, 1.54) is 12.1 Å². The molecule has 1 aromatic carbocycles. The van der Waals surface area contributed by atoms with Crippen LogP contribution >= 0.6 is 12.2 Å². The van der Waals surface area contributed by atoms with E-state index < -0.39 is 5.82 Å². The summed E-state index contributed by atoms with van der Waals surface area (Å²) >= 11 is 5.27. The molecule has 0 atom stereocenters. The van der Waals surface area contributed by atoms with Gasteiger partial charge in [-0.15, -0.1) is 0 Å². The number of aromatic nitrogens is 2. The molecule has 0 amide bonds. The van der Waals surface area contributed by atoms with Gasteiger partial charge in [0.15, 0.2) is 4.77 Å². The van der Waals surface area contributed by atoms with Gasteiger partial charge in [-0.1, -0.05) is 20.8 Å². The molecule has 1 aromatic heterocycles. The molecule has 0 spiro atoms. The van der Waals surface area contributed by atoms with Gasteiger partial charge >= 0.3 is 0 Å². The average Bonchev–Trinajstić information content (AvgIpc) is 2.72. The zero-order chi connectivity index (χ0) is 14.2. The molecule has 0 saturated carbocycles. The van der Waals surface area contributed by atoms with Gasteiger partial charge in [0, 0.05) is 23.0 Å². The van der Waals surface area contributed by atoms with Gasteiger partial charge in [0.1, 0.15) is 11.9 Å². The first-order chi connectivity index (χ1) is 8.84. The van der Waals surface area contributed by atoms with Crippen LogP contribution in [-0.2, 0) is 5.41 Å². The van der Waals surface area contributed by atoms with Crippen LogP contribution in [0.15, 0.2) is 24.4 Å². The van der Waals surface area contributed by atoms with Crippen molar-refractivity contribution in [3.63, 3.8) is 0 Å². The molecule has 0 saturated heterocycles. The maximum atomic E-state index is 13.4. The Morgan fingerprint density at radius 1 is 1.37 bits per heavy atom. The van der Waals surface area contributed by atoms with Crippen LogP contribution in [-0.4, -0.2) is 9.55 Å². The molecular formula is C14H14FN3S. The third-order valence-electron chi connectivity index (χ3n) is 2.87. The van der Waals surface area contributed by atoms with Crippen LogP contribution in [0.4, 0.5) is 4.39 Å². The van der Waals surface area contributed by atoms with E-state index in [2.05, 4.69) is 25.8 Å². The summed E-state index contributed by atoms with van der Waals surface area (Å²) in [5.74, 6) is -0.523. The number of nitriles is 1. The van der Waals surface area contributed by atoms with E-state index in [4.69, 9.17) is 17.5 Å². The van der Waals surface area contributed by atoms with Gasteiger partial charge in [-0.25, -0.2) is 4.39 Å². The molecular weight excluding hydrogens is 261 g/mol. The van der Waals surface area contributed by atoms with E-state index in [-0.39, 0.29) is 11.0 Å². The highest BCUT2D eigenvalue weighted by Gasteiger charge is 2.20. The first-order valence-corrected chi connectivity index (χ1v) is 6.26. The molecule has 0 aliphatic heterocycles. The number of aromatic amines is 1. The Labute approximate surface area is 116 Å². The number of rotatable bonds is 1. The Hall–Kier alpha value is -1.93. The van der Waals surface area contributed by atoms with Crippen LogP contribution in [0.3, 0.4) is 0 Å². The summed E-state index contributed by atoms with van der Waals surface area (Å²) < 4.78 is 15.7. The fourth-order valence-corrected chi connectivity index (χ4v) is 2.18. The van der Waals surface area contributed by atoms with Crippen molar-refractivity contribution in [2.75, 3.05) is 0 Å². The molecule has 0 aliphatic carbocycles. The molecule has 1 N–H and O–H groups in total. The number of nitrogens with one attached hydrogen (secondary N) is 1. The quantitative estimate of drug-likeness (QED) is 0.803. The fraction of sp³-hybridized carbons (Fsp3) is 0.286. The number of nitrogens with zero attached hydrogens (tertiary/aromatic N) is 2. The molecule has 0 bridgehead atoms. The number of hydrogen-bond donors (Lipinski definition) is 1. The summed E-state index contributed by atoms with van der Waals surface area (Å²) in [6.45, 7) is 6.20. The molecule has 98 valence electrons. The third-order valence-corrected chi connectivity index (χ3v) is 3.17. The van der Waals surface area contributed by atoms with Gasteiger partial charge in [-0.2, -0.15) is 5.26 Å². The normalized spacial score (nSPS) is 11.3. The van der Waals surface area contributed by atoms with E-state index >= 15 is 0 Å². The lowest BCUT2D eigenvalue weighted by atomic mass is 9.92. The van der Waals surface area contributed by atoms with Crippen LogP contribution < -0.4 is 0 Å². The summed E-state index contributed by atoms with van der Waals surface area (Å²) in [4.78, 5) is 3.00. The fourth-order valence-electron chi connectivity index (χ4n) is 1.91. The van der Waals surface area contributed by atoms with Crippen molar-refractivity contribution in [1.29, 1.82) is 5.26 Å². The van der Waals surface area contributed by atoms with Crippen molar-refractivity contribution in [3.8, 4) is 11.8 Å². The topological polar surface area (TPSA) is 44.5 Å². The Kier molecular flexibility index (Phi) is 3.29. The Balaban J connectivity index is 2.70. The highest BCUT2D eigenvalue weighted by molar-refractivity contribution is 7.71. The molecule has 0 unspecified atom stereocenters. The molecule has 0 aliphatic rings. The van der Waals surface area contributed by atoms with Gasteiger partial charge < -0.3 is 4.98 Å². The van der Waals surface area contributed by atoms with Crippen LogP contribution in [0, 0.1) is 21.9 Å². The van der Waals surface area contributed by atoms with E-state index in [9.17, 15) is 4.39 Å². The smallest absolute Gasteiger partial charge is 0.182 e. The van der Waals surface area contributed by atoms with Gasteiger partial charge in [0.05, 0.1) is 5.56 Å². The van der Waals surface area contributed by atoms with Crippen molar-refractivity contribution < 1.29 is 4.39 Å². The molecule has 5 heteroatoms. The Morgan fingerprint density at radius 2 is 2.05 bits per heavy atom. The second-order valence-electron chi connectivity index (χ2n) is 5.34. The number of hydrogen-bond acceptors (Lipinski definition) is 2. The lowest BCUT2D eigenvalue weighted by Gasteiger charge is -2.20. The lowest BCUT2D eigenvalue weighted by Crippen LogP contribution is -2.16. The first-order valence-electron chi connectivity index (χ1n) is 5.85. The van der Waals surface area contributed by atoms with E-state index in [0.29, 0.717) is 10.5 Å². The molecule has 0 fully saturated rings. The maximum absolute atomic E-state index is 13.4. The third kappa shape index (κ3) is 2.45. The number of H-pyrrole nitrogens is 1. The SMILES string of the molecule is CC(C)(C)c1c[nH]c(=S)n1-c1ccc(F)c(C#N)c1. The van der Waals surface area contributed by atoms with Gasteiger partial charge in [0.2, 0.25) is 0 Å². The molecule has 3 nitrogen and oxygen atoms in total. The Bertz CT molecular complexity index is 714. The van der Waals surface area contributed by atoms with E-state index in [0.717, 1.165) is 5.69 Å². The van der Waals surface area contributed by atoms with Crippen molar-refractivity contribution in [1.82, 2.24) is 9.55 Å². The van der Waals surface area contributed by atoms with Crippen molar-refractivity contribution >= 4 is 12.2 Å². The van der Waals surface area contributed by atoms with Crippen LogP contribution in [0.2, 0.25) is 0 Å². The summed E-state index contributed by atoms with van der Waals surface area (Å²) in [6.07, 6.45) is 1.84. The maximum Gasteiger partial charge on any atom is 0.182 e. The predicted molar refractivity (Wildman–Crippen MR) is 74.3 cm³/mol. The second kappa shape index (κ2) is 4.63. The highest BCUT2D eigenvalue weighted by Crippen LogP contribution is 2.26. The number of imidazole rings is 1. The minimum atomic E-state index is -0.523. The predicted octanol–water partition coefficient (Wildman–Crippen LogP) is 3.84. The van der Waals surface area contributed by atoms with Gasteiger partial charge in [-0.05, 0) is 30.4 Å². The molecule has 19 heavy (non-hydrogen) atoms. The summed E-state index contributed by atoms with van der Waals surface area (Å²) in [5, 5.41) is 8.91. The number of halogens is 1. The lowest BCUT2D eigenvalue weighted by molar-refractivity contribution is 0.555. The van der Waals surface area contributed by atoms with Crippen molar-refractivity contribution in [2.45, 2.75) is 26.2 Å². The molecule has 0 radical (unpaired) electrons. The Morgan fingerprint density at radius 3 is 2.63 bits per heavy atom. The standard InChI is InChI=1S/C14H14FN3S/c1-14(2,3)12-8-17-13(19)18(12)10-4-5-11(15)9(6-10)7-16/h4-6,8H,1-3H3,(H,17,19). The van der Waals surface area contributed by atoms with Crippen LogP contribution in [0.1, 0.15) is 32.0 Å². The van der Waals surface area contributed by atoms with Crippen molar-refractivity contribution in [2.24, 2.45) is 0 Å². The first kappa shape index (κ1) is 13.5. The summed E-state index contributed by atoms with van der Waals surface area (Å²) in [7, 11) is 0. The monoisotopic (exact) mass is 275 g/mol. The minimum Gasteiger partial charge on any atom is -0.337 e. The summed E-state index contributed by atoms with van der Waals surface area (Å²) in [5.41, 5.74) is 1.57. The van der Waals surface area contributed by atoms with Gasteiger partial charge in [-0.3, -0.25) is 4.57 Å². The van der Waals surface area contributed by atoms with Gasteiger partial charge in [0.25, 0.3) is 0 Å².